The molecule has 0 N–H and O–H groups in total. The van der Waals surface area contributed by atoms with Crippen LogP contribution in [0.15, 0.2) is 0 Å². The molecule has 0 aliphatic heterocycles. The van der Waals surface area contributed by atoms with Crippen molar-refractivity contribution in [2.45, 2.75) is 0 Å². The summed E-state index contributed by atoms with van der Waals surface area (Å²) in [5, 5.41) is 0. The smallest absolute Gasteiger partial charge is 0.226 e. The minimum atomic E-state index is 1.50. The molecule has 1 heteroatoms. The third-order valence-corrected chi connectivity index (χ3v) is 0. The monoisotopic (exact) mass is 57.1 g/mol. The van der Waals surface area contributed by atoms with Crippen molar-refractivity contribution in [1.82, 2.24) is 0 Å². The Kier molecular flexibility index (Phi) is 0.958. The van der Waals surface area contributed by atoms with Crippen LogP contribution >= 0.6 is 0 Å². The summed E-state index contributed by atoms with van der Waals surface area (Å²) in [5.74, 6) is 0. The molecule has 0 aliphatic rings. The van der Waals surface area contributed by atoms with Gasteiger partial charge in [0.05, 0.1) is 0 Å². The number of rotatable bonds is 0. The highest BCUT2D eigenvalue weighted by Gasteiger charge is 1.55. The molecular formula is C3H7N+. The van der Waals surface area contributed by atoms with E-state index < -0.39 is 0 Å². The van der Waals surface area contributed by atoms with Gasteiger partial charge in [-0.25, -0.2) is 4.58 Å². The van der Waals surface area contributed by atoms with Crippen molar-refractivity contribution in [1.29, 1.82) is 0 Å². The van der Waals surface area contributed by atoms with E-state index in [-0.39, 0.29) is 0 Å². The van der Waals surface area contributed by atoms with E-state index >= 15 is 0 Å². The molecule has 1 nitrogen and oxygen atoms in total. The van der Waals surface area contributed by atoms with Gasteiger partial charge in [-0.2, -0.15) is 0 Å². The first-order valence-corrected chi connectivity index (χ1v) is 1.15. The van der Waals surface area contributed by atoms with Crippen LogP contribution in [-0.4, -0.2) is 25.4 Å². The molecule has 0 aromatic carbocycles. The zero-order chi connectivity index (χ0) is 3.58. The Bertz CT molecular complexity index is 26.3. The predicted molar refractivity (Wildman–Crippen MR) is 18.2 cm³/mol. The van der Waals surface area contributed by atoms with E-state index in [1.54, 1.807) is 14.1 Å². The molecule has 0 heterocycles. The molecule has 0 aromatic rings. The van der Waals surface area contributed by atoms with Gasteiger partial charge in [0.1, 0.15) is 14.1 Å². The molecule has 0 spiro atoms. The lowest BCUT2D eigenvalue weighted by Crippen LogP contribution is -1.86. The third-order valence-electron chi connectivity index (χ3n) is 0. The van der Waals surface area contributed by atoms with Crippen LogP contribution in [0.5, 0.6) is 0 Å². The first kappa shape index (κ1) is 3.67. The maximum Gasteiger partial charge on any atom is 0.226 e. The lowest BCUT2D eigenvalue weighted by atomic mass is 11.1. The van der Waals surface area contributed by atoms with Crippen molar-refractivity contribution in [2.24, 2.45) is 0 Å². The molecule has 0 fully saturated rings. The van der Waals surface area contributed by atoms with Crippen LogP contribution in [-0.2, 0) is 0 Å². The summed E-state index contributed by atoms with van der Waals surface area (Å²) in [6, 6.07) is 0. The van der Waals surface area contributed by atoms with E-state index in [4.69, 9.17) is 6.72 Å². The predicted octanol–water partition coefficient (Wildman–Crippen LogP) is -0.164. The Hall–Kier alpha value is -0.330. The fraction of sp³-hybridized carbons (Fsp3) is 0.667. The Morgan fingerprint density at radius 3 is 1.50 bits per heavy atom. The van der Waals surface area contributed by atoms with Crippen LogP contribution in [0.1, 0.15) is 0 Å². The lowest BCUT2D eigenvalue weighted by molar-refractivity contribution is -0.454. The number of nitrogens with zero attached hydrogens (tertiary/aromatic N) is 1. The molecule has 0 unspecified atom stereocenters. The molecule has 0 bridgehead atoms. The lowest BCUT2D eigenvalue weighted by Gasteiger charge is -1.64. The third kappa shape index (κ3) is 6.88. The van der Waals surface area contributed by atoms with E-state index in [9.17, 15) is 0 Å². The Labute approximate surface area is 26.6 Å². The zero-order valence-corrected chi connectivity index (χ0v) is 3.02. The summed E-state index contributed by atoms with van der Waals surface area (Å²) in [7, 11) is 3.56. The molecule has 0 saturated carbocycles. The van der Waals surface area contributed by atoms with E-state index in [0.29, 0.717) is 0 Å². The summed E-state index contributed by atoms with van der Waals surface area (Å²) in [5.41, 5.74) is 0. The first-order chi connectivity index (χ1) is 1.73. The van der Waals surface area contributed by atoms with Crippen molar-refractivity contribution >= 4 is 6.72 Å². The molecule has 0 atom stereocenters. The second-order valence-electron chi connectivity index (χ2n) is 0.964. The highest BCUT2D eigenvalue weighted by molar-refractivity contribution is 5.13. The highest BCUT2D eigenvalue weighted by Crippen LogP contribution is 1.30. The van der Waals surface area contributed by atoms with Crippen LogP contribution in [0.4, 0.5) is 0 Å². The molecule has 0 aromatic heterocycles. The summed E-state index contributed by atoms with van der Waals surface area (Å²) >= 11 is 0. The molecule has 1 radical (unpaired) electrons. The fourth-order valence-corrected chi connectivity index (χ4v) is 0. The standard InChI is InChI=1S/C3H7N/c1-4(2)3/h1H,2-3H3/q+1. The minimum absolute atomic E-state index is 1.50. The van der Waals surface area contributed by atoms with Gasteiger partial charge < -0.3 is 0 Å². The van der Waals surface area contributed by atoms with E-state index in [1.165, 1.54) is 4.58 Å². The molecule has 0 amide bonds. The molecule has 0 rings (SSSR count). The van der Waals surface area contributed by atoms with Crippen molar-refractivity contribution in [3.8, 4) is 0 Å². The molecule has 4 heavy (non-hydrogen) atoms. The van der Waals surface area contributed by atoms with Gasteiger partial charge in [0.25, 0.3) is 0 Å². The van der Waals surface area contributed by atoms with Gasteiger partial charge in [0.2, 0.25) is 6.72 Å². The summed E-state index contributed by atoms with van der Waals surface area (Å²) in [6.07, 6.45) is 0. The fourth-order valence-electron chi connectivity index (χ4n) is 0. The van der Waals surface area contributed by atoms with Gasteiger partial charge in [-0.1, -0.05) is 0 Å². The SMILES string of the molecule is [CH]=[N+](C)C. The van der Waals surface area contributed by atoms with Crippen molar-refractivity contribution in [2.75, 3.05) is 14.1 Å². The Morgan fingerprint density at radius 1 is 1.50 bits per heavy atom. The van der Waals surface area contributed by atoms with Crippen LogP contribution in [0.3, 0.4) is 0 Å². The molecule has 0 saturated heterocycles. The second-order valence-corrected chi connectivity index (χ2v) is 0.964. The van der Waals surface area contributed by atoms with Crippen LogP contribution in [0.25, 0.3) is 0 Å². The summed E-state index contributed by atoms with van der Waals surface area (Å²) in [6.45, 7) is 4.94. The Morgan fingerprint density at radius 2 is 1.50 bits per heavy atom. The number of hydrogen-bond donors (Lipinski definition) is 0. The zero-order valence-electron chi connectivity index (χ0n) is 3.02. The maximum absolute atomic E-state index is 4.94. The normalized spacial score (nSPS) is 6.50. The first-order valence-electron chi connectivity index (χ1n) is 1.15. The van der Waals surface area contributed by atoms with Gasteiger partial charge >= 0.3 is 0 Å². The van der Waals surface area contributed by atoms with Crippen LogP contribution in [0.2, 0.25) is 0 Å². The highest BCUT2D eigenvalue weighted by atomic mass is 14.9. The second kappa shape index (κ2) is 1.04. The average Bonchev–Trinajstić information content (AvgIpc) is 0.811. The molecular weight excluding hydrogens is 50.0 g/mol. The number of hydrogen-bond acceptors (Lipinski definition) is 0. The van der Waals surface area contributed by atoms with Crippen molar-refractivity contribution in [3.63, 3.8) is 0 Å². The largest absolute Gasteiger partial charge is 0.236 e. The summed E-state index contributed by atoms with van der Waals surface area (Å²) in [4.78, 5) is 0. The van der Waals surface area contributed by atoms with Gasteiger partial charge in [0.15, 0.2) is 0 Å². The maximum atomic E-state index is 4.94. The van der Waals surface area contributed by atoms with Crippen molar-refractivity contribution < 1.29 is 4.58 Å². The Balaban J connectivity index is 2.80. The topological polar surface area (TPSA) is 3.01 Å². The molecule has 23 valence electrons. The van der Waals surface area contributed by atoms with Gasteiger partial charge in [-0.3, -0.25) is 0 Å². The van der Waals surface area contributed by atoms with Gasteiger partial charge in [-0.05, 0) is 0 Å². The average molecular weight is 57.1 g/mol. The quantitative estimate of drug-likeness (QED) is 0.268. The molecule has 0 aliphatic carbocycles. The van der Waals surface area contributed by atoms with E-state index in [1.807, 2.05) is 0 Å². The van der Waals surface area contributed by atoms with Crippen LogP contribution < -0.4 is 0 Å². The van der Waals surface area contributed by atoms with Crippen molar-refractivity contribution in [3.05, 3.63) is 0 Å². The van der Waals surface area contributed by atoms with Crippen LogP contribution in [0, 0.1) is 0 Å². The van der Waals surface area contributed by atoms with Gasteiger partial charge in [-0.15, -0.1) is 0 Å². The van der Waals surface area contributed by atoms with E-state index in [2.05, 4.69) is 0 Å². The van der Waals surface area contributed by atoms with E-state index in [0.717, 1.165) is 0 Å². The minimum Gasteiger partial charge on any atom is -0.236 e. The van der Waals surface area contributed by atoms with Gasteiger partial charge in [0, 0.05) is 0 Å². The summed E-state index contributed by atoms with van der Waals surface area (Å²) < 4.78 is 1.50.